The molecule has 0 radical (unpaired) electrons. The molecule has 0 aliphatic rings. The molecule has 1 heterocycles. The Morgan fingerprint density at radius 2 is 2.17 bits per heavy atom. The van der Waals surface area contributed by atoms with Gasteiger partial charge in [0.15, 0.2) is 0 Å². The third-order valence-corrected chi connectivity index (χ3v) is 2.13. The van der Waals surface area contributed by atoms with Crippen LogP contribution in [0, 0.1) is 6.92 Å². The summed E-state index contributed by atoms with van der Waals surface area (Å²) >= 11 is 0. The van der Waals surface area contributed by atoms with E-state index in [2.05, 4.69) is 20.6 Å². The predicted octanol–water partition coefficient (Wildman–Crippen LogP) is 1.12. The molecular weight excluding hydrogens is 232 g/mol. The van der Waals surface area contributed by atoms with E-state index in [1.807, 2.05) is 20.8 Å². The molecule has 0 spiro atoms. The van der Waals surface area contributed by atoms with Gasteiger partial charge in [-0.3, -0.25) is 4.79 Å². The number of rotatable bonds is 7. The van der Waals surface area contributed by atoms with Crippen LogP contribution in [0.15, 0.2) is 6.07 Å². The summed E-state index contributed by atoms with van der Waals surface area (Å²) in [4.78, 5) is 19.7. The van der Waals surface area contributed by atoms with Gasteiger partial charge in [-0.15, -0.1) is 0 Å². The zero-order chi connectivity index (χ0) is 13.4. The highest BCUT2D eigenvalue weighted by Crippen LogP contribution is 2.11. The zero-order valence-corrected chi connectivity index (χ0v) is 11.1. The Labute approximate surface area is 107 Å². The average Bonchev–Trinajstić information content (AvgIpc) is 2.29. The van der Waals surface area contributed by atoms with E-state index in [0.717, 1.165) is 5.69 Å². The SMILES string of the molecule is CCNC(=O)CCNc1nc(C)cc(OCC)n1. The summed E-state index contributed by atoms with van der Waals surface area (Å²) in [5.41, 5.74) is 0.828. The van der Waals surface area contributed by atoms with Crippen LogP contribution in [-0.4, -0.2) is 35.6 Å². The van der Waals surface area contributed by atoms with Gasteiger partial charge in [0.25, 0.3) is 0 Å². The summed E-state index contributed by atoms with van der Waals surface area (Å²) in [7, 11) is 0. The van der Waals surface area contributed by atoms with Gasteiger partial charge >= 0.3 is 0 Å². The maximum atomic E-state index is 11.3. The van der Waals surface area contributed by atoms with Gasteiger partial charge in [-0.1, -0.05) is 0 Å². The number of hydrogen-bond donors (Lipinski definition) is 2. The van der Waals surface area contributed by atoms with Gasteiger partial charge in [0.2, 0.25) is 17.7 Å². The minimum absolute atomic E-state index is 0.0164. The maximum Gasteiger partial charge on any atom is 0.226 e. The highest BCUT2D eigenvalue weighted by molar-refractivity contribution is 5.76. The molecule has 0 saturated heterocycles. The van der Waals surface area contributed by atoms with E-state index in [1.54, 1.807) is 6.07 Å². The van der Waals surface area contributed by atoms with Gasteiger partial charge in [0.05, 0.1) is 6.61 Å². The van der Waals surface area contributed by atoms with Crippen molar-refractivity contribution in [3.05, 3.63) is 11.8 Å². The van der Waals surface area contributed by atoms with Gasteiger partial charge in [-0.25, -0.2) is 4.98 Å². The van der Waals surface area contributed by atoms with Crippen LogP contribution >= 0.6 is 0 Å². The van der Waals surface area contributed by atoms with Crippen LogP contribution < -0.4 is 15.4 Å². The van der Waals surface area contributed by atoms with Crippen molar-refractivity contribution in [2.75, 3.05) is 25.0 Å². The fourth-order valence-corrected chi connectivity index (χ4v) is 1.41. The van der Waals surface area contributed by atoms with Crippen LogP contribution in [0.1, 0.15) is 26.0 Å². The Kier molecular flexibility index (Phi) is 5.90. The van der Waals surface area contributed by atoms with E-state index in [1.165, 1.54) is 0 Å². The van der Waals surface area contributed by atoms with E-state index < -0.39 is 0 Å². The number of nitrogens with one attached hydrogen (secondary N) is 2. The summed E-state index contributed by atoms with van der Waals surface area (Å²) in [5.74, 6) is 1.05. The second kappa shape index (κ2) is 7.47. The highest BCUT2D eigenvalue weighted by Gasteiger charge is 2.04. The minimum Gasteiger partial charge on any atom is -0.478 e. The predicted molar refractivity (Wildman–Crippen MR) is 69.7 cm³/mol. The van der Waals surface area contributed by atoms with Crippen LogP contribution in [0.3, 0.4) is 0 Å². The van der Waals surface area contributed by atoms with E-state index in [0.29, 0.717) is 37.9 Å². The normalized spacial score (nSPS) is 9.94. The minimum atomic E-state index is 0.0164. The second-order valence-electron chi connectivity index (χ2n) is 3.73. The maximum absolute atomic E-state index is 11.3. The largest absolute Gasteiger partial charge is 0.478 e. The number of nitrogens with zero attached hydrogens (tertiary/aromatic N) is 2. The molecule has 0 saturated carbocycles. The number of ether oxygens (including phenoxy) is 1. The molecule has 18 heavy (non-hydrogen) atoms. The Bertz CT molecular complexity index is 396. The Hall–Kier alpha value is -1.85. The van der Waals surface area contributed by atoms with Gasteiger partial charge in [-0.05, 0) is 20.8 Å². The molecule has 0 atom stereocenters. The van der Waals surface area contributed by atoms with Gasteiger partial charge in [0.1, 0.15) is 0 Å². The summed E-state index contributed by atoms with van der Waals surface area (Å²) in [6, 6.07) is 1.78. The highest BCUT2D eigenvalue weighted by atomic mass is 16.5. The molecule has 100 valence electrons. The third-order valence-electron chi connectivity index (χ3n) is 2.13. The lowest BCUT2D eigenvalue weighted by atomic mass is 10.4. The Balaban J connectivity index is 2.48. The van der Waals surface area contributed by atoms with Crippen molar-refractivity contribution in [2.24, 2.45) is 0 Å². The molecule has 6 nitrogen and oxygen atoms in total. The lowest BCUT2D eigenvalue weighted by Gasteiger charge is -2.08. The van der Waals surface area contributed by atoms with Crippen LogP contribution in [-0.2, 0) is 4.79 Å². The molecule has 1 amide bonds. The topological polar surface area (TPSA) is 76.1 Å². The molecule has 0 aliphatic heterocycles. The average molecular weight is 252 g/mol. The molecule has 1 aromatic heterocycles. The first-order valence-electron chi connectivity index (χ1n) is 6.14. The van der Waals surface area contributed by atoms with Crippen molar-refractivity contribution in [3.63, 3.8) is 0 Å². The third kappa shape index (κ3) is 4.99. The van der Waals surface area contributed by atoms with Crippen molar-refractivity contribution in [2.45, 2.75) is 27.2 Å². The van der Waals surface area contributed by atoms with Crippen LogP contribution in [0.25, 0.3) is 0 Å². The quantitative estimate of drug-likeness (QED) is 0.760. The Morgan fingerprint density at radius 1 is 1.39 bits per heavy atom. The molecule has 0 bridgehead atoms. The number of hydrogen-bond acceptors (Lipinski definition) is 5. The molecule has 0 aliphatic carbocycles. The zero-order valence-electron chi connectivity index (χ0n) is 11.1. The second-order valence-corrected chi connectivity index (χ2v) is 3.73. The molecular formula is C12H20N4O2. The molecule has 0 aromatic carbocycles. The molecule has 2 N–H and O–H groups in total. The van der Waals surface area contributed by atoms with Crippen LogP contribution in [0.5, 0.6) is 5.88 Å². The number of aromatic nitrogens is 2. The lowest BCUT2D eigenvalue weighted by Crippen LogP contribution is -2.25. The molecule has 1 aromatic rings. The van der Waals surface area contributed by atoms with Crippen molar-refractivity contribution in [1.29, 1.82) is 0 Å². The van der Waals surface area contributed by atoms with Crippen molar-refractivity contribution in [3.8, 4) is 5.88 Å². The fraction of sp³-hybridized carbons (Fsp3) is 0.583. The van der Waals surface area contributed by atoms with Crippen molar-refractivity contribution < 1.29 is 9.53 Å². The smallest absolute Gasteiger partial charge is 0.226 e. The number of anilines is 1. The van der Waals surface area contributed by atoms with E-state index in [9.17, 15) is 4.79 Å². The number of carbonyl (C=O) groups is 1. The number of aryl methyl sites for hydroxylation is 1. The molecule has 0 fully saturated rings. The lowest BCUT2D eigenvalue weighted by molar-refractivity contribution is -0.120. The standard InChI is InChI=1S/C12H20N4O2/c1-4-13-10(17)6-7-14-12-15-9(3)8-11(16-12)18-5-2/h8H,4-7H2,1-3H3,(H,13,17)(H,14,15,16). The number of amides is 1. The number of carbonyl (C=O) groups excluding carboxylic acids is 1. The van der Waals surface area contributed by atoms with Gasteiger partial charge in [-0.2, -0.15) is 4.98 Å². The molecule has 0 unspecified atom stereocenters. The Morgan fingerprint density at radius 3 is 2.83 bits per heavy atom. The van der Waals surface area contributed by atoms with E-state index in [-0.39, 0.29) is 5.91 Å². The first-order valence-corrected chi connectivity index (χ1v) is 6.14. The molecule has 6 heteroatoms. The first kappa shape index (κ1) is 14.2. The van der Waals surface area contributed by atoms with Crippen LogP contribution in [0.2, 0.25) is 0 Å². The van der Waals surface area contributed by atoms with Gasteiger partial charge < -0.3 is 15.4 Å². The fourth-order valence-electron chi connectivity index (χ4n) is 1.41. The monoisotopic (exact) mass is 252 g/mol. The van der Waals surface area contributed by atoms with Crippen molar-refractivity contribution in [1.82, 2.24) is 15.3 Å². The van der Waals surface area contributed by atoms with Crippen molar-refractivity contribution >= 4 is 11.9 Å². The summed E-state index contributed by atoms with van der Waals surface area (Å²) in [5, 5.41) is 5.74. The summed E-state index contributed by atoms with van der Waals surface area (Å²) in [6.45, 7) is 7.38. The summed E-state index contributed by atoms with van der Waals surface area (Å²) in [6.07, 6.45) is 0.398. The molecule has 1 rings (SSSR count). The first-order chi connectivity index (χ1) is 8.65. The van der Waals surface area contributed by atoms with Gasteiger partial charge in [0, 0.05) is 31.3 Å². The van der Waals surface area contributed by atoms with Crippen LogP contribution in [0.4, 0.5) is 5.95 Å². The van der Waals surface area contributed by atoms with E-state index >= 15 is 0 Å². The summed E-state index contributed by atoms with van der Waals surface area (Å²) < 4.78 is 5.32. The van der Waals surface area contributed by atoms with E-state index in [4.69, 9.17) is 4.74 Å².